The molecule has 8 heterocycles. The Kier molecular flexibility index (Phi) is 22.5. The first-order valence-corrected chi connectivity index (χ1v) is 37.0. The predicted molar refractivity (Wildman–Crippen MR) is 424 cm³/mol. The van der Waals surface area contributed by atoms with Crippen LogP contribution in [0.2, 0.25) is 0 Å². The topological polar surface area (TPSA) is 291 Å². The van der Waals surface area contributed by atoms with Crippen LogP contribution in [0, 0.1) is 23.3 Å². The van der Waals surface area contributed by atoms with Gasteiger partial charge in [0.25, 0.3) is 47.3 Å². The first-order valence-electron chi connectivity index (χ1n) is 37.0. The normalized spacial score (nSPS) is 13.3. The second-order valence-corrected chi connectivity index (χ2v) is 27.5. The van der Waals surface area contributed by atoms with E-state index in [-0.39, 0.29) is 123 Å². The highest BCUT2D eigenvalue weighted by atomic mass is 19.1. The minimum Gasteiger partial charge on any atom is -0.505 e. The Morgan fingerprint density at radius 3 is 1.10 bits per heavy atom. The highest BCUT2D eigenvalue weighted by Crippen LogP contribution is 2.47. The van der Waals surface area contributed by atoms with Crippen LogP contribution in [0.15, 0.2) is 213 Å². The standard InChI is InChI=1S/C26H25FN2O3.C25H17FN2O4.C20H15FN2O3.C20H13FN2O3/c1-2-3-4-5-6-7-9-19-20-10-8-15-28-23(20)24(30)22-21(19)25(31)29(26(22)32)16-17-11-13-18(27)14-12-17;26-17-10-8-15(9-11-17)13-28-24(30)19-20(25(28)31)23(32-14-16-5-2-1-3-6-16)18-7-4-12-27-21(18)22(19)29;2*1-2-13-14-4-3-9-22-17(14)18(24)16-15(13)19(25)23(20(16)26)10-11-5-7-12(21)8-6-11/h7-15,30H,2-6,16H2,1H3;1-12,29H,13-14H2;3-9,24H,2,10H2,1H3;2-9,24H,1,10H2/b9-7+;;;. The molecule has 8 amide bonds. The molecule has 21 nitrogen and oxygen atoms in total. The Labute approximate surface area is 660 Å². The van der Waals surface area contributed by atoms with Crippen LogP contribution in [0.3, 0.4) is 0 Å². The molecule has 13 aromatic rings. The van der Waals surface area contributed by atoms with Crippen molar-refractivity contribution in [1.29, 1.82) is 0 Å². The molecule has 0 atom stereocenters. The van der Waals surface area contributed by atoms with Gasteiger partial charge in [0.15, 0.2) is 23.0 Å². The van der Waals surface area contributed by atoms with E-state index in [0.29, 0.717) is 77.9 Å². The molecule has 0 saturated heterocycles. The summed E-state index contributed by atoms with van der Waals surface area (Å²) < 4.78 is 58.7. The maximum absolute atomic E-state index is 13.3. The van der Waals surface area contributed by atoms with Crippen LogP contribution in [-0.2, 0) is 39.2 Å². The molecule has 0 unspecified atom stereocenters. The SMILES string of the molecule is C=Cc1c2c(c(O)c3ncccc13)C(=O)N(Cc1ccc(F)cc1)C2=O.CCCCCC/C=C/c1c2c(c(O)c3ncccc13)C(=O)N(Cc1ccc(F)cc1)C2=O.CCc1c2c(c(O)c3ncccc13)C(=O)N(Cc1ccc(F)cc1)C2=O.O=C1c2c(c(O)c3ncccc3c2OCc2ccccc2)C(=O)N1Cc1ccc(F)cc1. The summed E-state index contributed by atoms with van der Waals surface area (Å²) in [5.41, 5.74) is 6.41. The lowest BCUT2D eigenvalue weighted by atomic mass is 9.95. The van der Waals surface area contributed by atoms with E-state index < -0.39 is 64.7 Å². The number of phenolic OH excluding ortho intramolecular Hbond substituents is 4. The minimum absolute atomic E-state index is 0.000150. The Balaban J connectivity index is 0.000000128. The van der Waals surface area contributed by atoms with E-state index in [1.54, 1.807) is 54.7 Å². The van der Waals surface area contributed by atoms with Gasteiger partial charge in [-0.25, -0.2) is 17.6 Å². The molecule has 0 saturated carbocycles. The van der Waals surface area contributed by atoms with Gasteiger partial charge in [0, 0.05) is 46.3 Å². The zero-order valence-corrected chi connectivity index (χ0v) is 62.3. The van der Waals surface area contributed by atoms with Crippen molar-refractivity contribution in [1.82, 2.24) is 39.5 Å². The van der Waals surface area contributed by atoms with Crippen molar-refractivity contribution < 1.29 is 81.1 Å². The third kappa shape index (κ3) is 14.9. The number of hydrogen-bond acceptors (Lipinski definition) is 17. The van der Waals surface area contributed by atoms with Crippen molar-refractivity contribution in [2.45, 2.75) is 85.2 Å². The highest BCUT2D eigenvalue weighted by Gasteiger charge is 2.46. The van der Waals surface area contributed by atoms with Crippen LogP contribution >= 0.6 is 0 Å². The van der Waals surface area contributed by atoms with Crippen LogP contribution < -0.4 is 4.74 Å². The van der Waals surface area contributed by atoms with Gasteiger partial charge >= 0.3 is 0 Å². The monoisotopic (exact) mass is 1560 g/mol. The molecule has 4 N–H and O–H groups in total. The molecule has 0 bridgehead atoms. The summed E-state index contributed by atoms with van der Waals surface area (Å²) in [4.78, 5) is 125. The van der Waals surface area contributed by atoms with E-state index in [1.807, 2.05) is 49.4 Å². The van der Waals surface area contributed by atoms with Gasteiger partial charge in [-0.3, -0.25) is 77.9 Å². The fourth-order valence-corrected chi connectivity index (χ4v) is 14.6. The van der Waals surface area contributed by atoms with Crippen LogP contribution in [0.25, 0.3) is 55.8 Å². The summed E-state index contributed by atoms with van der Waals surface area (Å²) in [6.07, 6.45) is 17.3. The highest BCUT2D eigenvalue weighted by molar-refractivity contribution is 6.30. The van der Waals surface area contributed by atoms with Crippen LogP contribution in [-0.4, -0.2) is 107 Å². The van der Waals surface area contributed by atoms with E-state index in [1.165, 1.54) is 128 Å². The Bertz CT molecular complexity index is 6210. The van der Waals surface area contributed by atoms with Crippen molar-refractivity contribution in [3.05, 3.63) is 326 Å². The number of aryl methyl sites for hydroxylation is 1. The van der Waals surface area contributed by atoms with Crippen LogP contribution in [0.1, 0.15) is 173 Å². The molecule has 4 aliphatic rings. The number of carbonyl (C=O) groups is 8. The molecular formula is C91H70F4N8O13. The lowest BCUT2D eigenvalue weighted by molar-refractivity contribution is 0.0625. The molecule has 4 aliphatic heterocycles. The molecule has 116 heavy (non-hydrogen) atoms. The third-order valence-corrected chi connectivity index (χ3v) is 20.3. The number of halogens is 4. The van der Waals surface area contributed by atoms with Gasteiger partial charge in [-0.05, 0) is 143 Å². The summed E-state index contributed by atoms with van der Waals surface area (Å²) in [7, 11) is 0. The number of rotatable bonds is 19. The van der Waals surface area contributed by atoms with Crippen LogP contribution in [0.4, 0.5) is 17.6 Å². The molecule has 0 radical (unpaired) electrons. The Morgan fingerprint density at radius 2 is 0.698 bits per heavy atom. The number of allylic oxidation sites excluding steroid dienone is 1. The number of ether oxygens (including phenoxy) is 1. The van der Waals surface area contributed by atoms with Crippen molar-refractivity contribution in [3.8, 4) is 28.7 Å². The second-order valence-electron chi connectivity index (χ2n) is 27.5. The fourth-order valence-electron chi connectivity index (χ4n) is 14.6. The zero-order chi connectivity index (χ0) is 81.8. The van der Waals surface area contributed by atoms with Gasteiger partial charge in [-0.1, -0.05) is 155 Å². The van der Waals surface area contributed by atoms with Crippen LogP contribution in [0.5, 0.6) is 28.7 Å². The average molecular weight is 1560 g/mol. The number of unbranched alkanes of at least 4 members (excludes halogenated alkanes) is 4. The molecule has 9 aromatic carbocycles. The number of imide groups is 4. The van der Waals surface area contributed by atoms with Crippen molar-refractivity contribution >= 4 is 103 Å². The van der Waals surface area contributed by atoms with E-state index in [4.69, 9.17) is 4.74 Å². The zero-order valence-electron chi connectivity index (χ0n) is 62.3. The summed E-state index contributed by atoms with van der Waals surface area (Å²) in [5.74, 6) is -7.05. The molecule has 17 rings (SSSR count). The maximum atomic E-state index is 13.3. The lowest BCUT2D eigenvalue weighted by Crippen LogP contribution is -2.29. The number of hydrogen-bond donors (Lipinski definition) is 4. The smallest absolute Gasteiger partial charge is 0.265 e. The molecular weight excluding hydrogens is 1490 g/mol. The number of carbonyl (C=O) groups excluding carboxylic acids is 8. The molecule has 580 valence electrons. The Morgan fingerprint density at radius 1 is 0.362 bits per heavy atom. The third-order valence-electron chi connectivity index (χ3n) is 20.3. The summed E-state index contributed by atoms with van der Waals surface area (Å²) in [5, 5.41) is 45.1. The van der Waals surface area contributed by atoms with Crippen molar-refractivity contribution in [2.24, 2.45) is 0 Å². The first-order chi connectivity index (χ1) is 56.1. The quantitative estimate of drug-likeness (QED) is 0.0332. The second kappa shape index (κ2) is 33.4. The number of benzene rings is 9. The van der Waals surface area contributed by atoms with Gasteiger partial charge in [-0.15, -0.1) is 0 Å². The molecule has 25 heteroatoms. The number of amides is 8. The van der Waals surface area contributed by atoms with Crippen molar-refractivity contribution in [2.75, 3.05) is 0 Å². The Hall–Kier alpha value is -14.6. The molecule has 4 aromatic heterocycles. The van der Waals surface area contributed by atoms with Crippen molar-refractivity contribution in [3.63, 3.8) is 0 Å². The number of phenols is 4. The number of fused-ring (bicyclic) bond motifs is 8. The molecule has 0 aliphatic carbocycles. The number of aromatic hydroxyl groups is 4. The summed E-state index contributed by atoms with van der Waals surface area (Å²) >= 11 is 0. The van der Waals surface area contributed by atoms with Gasteiger partial charge in [0.1, 0.15) is 63.3 Å². The number of pyridine rings is 4. The molecule has 0 spiro atoms. The maximum Gasteiger partial charge on any atom is 0.265 e. The summed E-state index contributed by atoms with van der Waals surface area (Å²) in [6, 6.07) is 45.5. The first kappa shape index (κ1) is 78.1. The van der Waals surface area contributed by atoms with Gasteiger partial charge in [0.05, 0.1) is 65.1 Å². The predicted octanol–water partition coefficient (Wildman–Crippen LogP) is 17.3. The fraction of sp³-hybridized carbons (Fsp3) is 0.143. The molecule has 0 fully saturated rings. The van der Waals surface area contributed by atoms with E-state index >= 15 is 0 Å². The van der Waals surface area contributed by atoms with Gasteiger partial charge in [-0.2, -0.15) is 0 Å². The van der Waals surface area contributed by atoms with E-state index in [9.17, 15) is 76.3 Å². The van der Waals surface area contributed by atoms with E-state index in [2.05, 4.69) is 33.4 Å². The average Bonchev–Trinajstić information content (AvgIpc) is 1.59. The van der Waals surface area contributed by atoms with Gasteiger partial charge < -0.3 is 25.2 Å². The number of nitrogens with zero attached hydrogens (tertiary/aromatic N) is 8. The van der Waals surface area contributed by atoms with E-state index in [0.717, 1.165) is 50.8 Å². The largest absolute Gasteiger partial charge is 0.505 e. The van der Waals surface area contributed by atoms with Gasteiger partial charge in [0.2, 0.25) is 0 Å². The lowest BCUT2D eigenvalue weighted by Gasteiger charge is -2.15. The summed E-state index contributed by atoms with van der Waals surface area (Å²) in [6.45, 7) is 7.88. The minimum atomic E-state index is -0.649. The number of aromatic nitrogens is 4.